The van der Waals surface area contributed by atoms with Gasteiger partial charge in [0.05, 0.1) is 12.7 Å². The molecule has 0 saturated heterocycles. The summed E-state index contributed by atoms with van der Waals surface area (Å²) in [5, 5.41) is 9.68. The van der Waals surface area contributed by atoms with Crippen LogP contribution in [0.25, 0.3) is 0 Å². The summed E-state index contributed by atoms with van der Waals surface area (Å²) in [6.07, 6.45) is 6.91. The standard InChI is InChI=1S/C14H22O4/c1-2-18-14(17)9-8-12(15)7-6-11-4-3-5-13(16)10-11/h8-9,11-12,15H,2-7,10H2,1H3/b9-8+. The van der Waals surface area contributed by atoms with Gasteiger partial charge in [-0.1, -0.05) is 0 Å². The molecule has 0 aromatic heterocycles. The first-order valence-electron chi connectivity index (χ1n) is 6.66. The maximum absolute atomic E-state index is 11.3. The van der Waals surface area contributed by atoms with Gasteiger partial charge in [0.25, 0.3) is 0 Å². The SMILES string of the molecule is CCOC(=O)/C=C/C(O)CCC1CCCC(=O)C1. The van der Waals surface area contributed by atoms with E-state index in [1.807, 2.05) is 0 Å². The fraction of sp³-hybridized carbons (Fsp3) is 0.714. The molecule has 4 nitrogen and oxygen atoms in total. The predicted octanol–water partition coefficient (Wildman–Crippen LogP) is 2.01. The van der Waals surface area contributed by atoms with Crippen molar-refractivity contribution in [3.63, 3.8) is 0 Å². The second-order valence-corrected chi connectivity index (χ2v) is 4.76. The number of carbonyl (C=O) groups is 2. The van der Waals surface area contributed by atoms with Gasteiger partial charge in [0.15, 0.2) is 0 Å². The van der Waals surface area contributed by atoms with Crippen LogP contribution in [0.15, 0.2) is 12.2 Å². The van der Waals surface area contributed by atoms with Crippen LogP contribution in [0.3, 0.4) is 0 Å². The van der Waals surface area contributed by atoms with Gasteiger partial charge in [-0.05, 0) is 44.6 Å². The van der Waals surface area contributed by atoms with Crippen LogP contribution >= 0.6 is 0 Å². The van der Waals surface area contributed by atoms with Crippen LogP contribution in [0, 0.1) is 5.92 Å². The molecule has 1 N–H and O–H groups in total. The molecular weight excluding hydrogens is 232 g/mol. The summed E-state index contributed by atoms with van der Waals surface area (Å²) in [4.78, 5) is 22.3. The molecule has 0 heterocycles. The zero-order valence-corrected chi connectivity index (χ0v) is 10.9. The van der Waals surface area contributed by atoms with Gasteiger partial charge >= 0.3 is 5.97 Å². The van der Waals surface area contributed by atoms with Crippen LogP contribution in [0.4, 0.5) is 0 Å². The maximum Gasteiger partial charge on any atom is 0.330 e. The molecule has 1 fully saturated rings. The lowest BCUT2D eigenvalue weighted by molar-refractivity contribution is -0.137. The number of carbonyl (C=O) groups excluding carboxylic acids is 2. The van der Waals surface area contributed by atoms with Crippen LogP contribution in [0.1, 0.15) is 45.4 Å². The number of aliphatic hydroxyl groups excluding tert-OH is 1. The van der Waals surface area contributed by atoms with E-state index in [0.29, 0.717) is 37.6 Å². The third-order valence-corrected chi connectivity index (χ3v) is 3.20. The Balaban J connectivity index is 2.21. The summed E-state index contributed by atoms with van der Waals surface area (Å²) in [7, 11) is 0. The largest absolute Gasteiger partial charge is 0.463 e. The van der Waals surface area contributed by atoms with Crippen molar-refractivity contribution in [2.24, 2.45) is 5.92 Å². The molecule has 0 aromatic rings. The molecule has 0 aromatic carbocycles. The number of esters is 1. The molecule has 1 saturated carbocycles. The first-order valence-corrected chi connectivity index (χ1v) is 6.66. The van der Waals surface area contributed by atoms with Gasteiger partial charge in [0.1, 0.15) is 5.78 Å². The Kier molecular flexibility index (Phi) is 6.65. The number of hydrogen-bond donors (Lipinski definition) is 1. The van der Waals surface area contributed by atoms with E-state index in [1.165, 1.54) is 12.2 Å². The van der Waals surface area contributed by atoms with Gasteiger partial charge in [-0.15, -0.1) is 0 Å². The van der Waals surface area contributed by atoms with Crippen molar-refractivity contribution in [2.45, 2.75) is 51.6 Å². The second-order valence-electron chi connectivity index (χ2n) is 4.76. The third kappa shape index (κ3) is 5.96. The van der Waals surface area contributed by atoms with Gasteiger partial charge in [0, 0.05) is 18.9 Å². The Hall–Kier alpha value is -1.16. The molecule has 0 aliphatic heterocycles. The van der Waals surface area contributed by atoms with Crippen LogP contribution < -0.4 is 0 Å². The van der Waals surface area contributed by atoms with Crippen molar-refractivity contribution >= 4 is 11.8 Å². The highest BCUT2D eigenvalue weighted by molar-refractivity contribution is 5.81. The highest BCUT2D eigenvalue weighted by atomic mass is 16.5. The summed E-state index contributed by atoms with van der Waals surface area (Å²) >= 11 is 0. The van der Waals surface area contributed by atoms with E-state index in [-0.39, 0.29) is 0 Å². The lowest BCUT2D eigenvalue weighted by Crippen LogP contribution is -2.16. The van der Waals surface area contributed by atoms with Crippen LogP contribution in [-0.2, 0) is 14.3 Å². The van der Waals surface area contributed by atoms with Crippen molar-refractivity contribution in [2.75, 3.05) is 6.61 Å². The number of ketones is 1. The molecule has 0 spiro atoms. The van der Waals surface area contributed by atoms with Gasteiger partial charge in [-0.3, -0.25) is 4.79 Å². The Morgan fingerprint density at radius 2 is 2.39 bits per heavy atom. The molecule has 0 bridgehead atoms. The van der Waals surface area contributed by atoms with Crippen molar-refractivity contribution in [1.29, 1.82) is 0 Å². The zero-order valence-electron chi connectivity index (χ0n) is 10.9. The summed E-state index contributed by atoms with van der Waals surface area (Å²) in [6.45, 7) is 2.08. The summed E-state index contributed by atoms with van der Waals surface area (Å²) in [6, 6.07) is 0. The van der Waals surface area contributed by atoms with E-state index < -0.39 is 12.1 Å². The monoisotopic (exact) mass is 254 g/mol. The molecule has 1 rings (SSSR count). The molecule has 0 radical (unpaired) electrons. The van der Waals surface area contributed by atoms with E-state index in [9.17, 15) is 14.7 Å². The fourth-order valence-electron chi connectivity index (χ4n) is 2.24. The first-order chi connectivity index (χ1) is 8.61. The molecule has 4 heteroatoms. The average Bonchev–Trinajstić information content (AvgIpc) is 2.34. The molecule has 1 aliphatic carbocycles. The maximum atomic E-state index is 11.3. The second kappa shape index (κ2) is 8.03. The minimum atomic E-state index is -0.633. The Morgan fingerprint density at radius 1 is 1.61 bits per heavy atom. The smallest absolute Gasteiger partial charge is 0.330 e. The van der Waals surface area contributed by atoms with Gasteiger partial charge in [-0.25, -0.2) is 4.79 Å². The number of hydrogen-bond acceptors (Lipinski definition) is 4. The minimum Gasteiger partial charge on any atom is -0.463 e. The molecule has 0 amide bonds. The van der Waals surface area contributed by atoms with E-state index in [2.05, 4.69) is 0 Å². The first kappa shape index (κ1) is 14.9. The van der Waals surface area contributed by atoms with Crippen LogP contribution in [0.5, 0.6) is 0 Å². The van der Waals surface area contributed by atoms with Gasteiger partial charge in [-0.2, -0.15) is 0 Å². The zero-order chi connectivity index (χ0) is 13.4. The number of Topliss-reactive ketones (excluding diaryl/α,β-unsaturated/α-hetero) is 1. The Morgan fingerprint density at radius 3 is 3.06 bits per heavy atom. The third-order valence-electron chi connectivity index (χ3n) is 3.20. The summed E-state index contributed by atoms with van der Waals surface area (Å²) in [5.74, 6) is 0.309. The fourth-order valence-corrected chi connectivity index (χ4v) is 2.24. The van der Waals surface area contributed by atoms with E-state index in [0.717, 1.165) is 19.3 Å². The van der Waals surface area contributed by atoms with Crippen molar-refractivity contribution in [3.05, 3.63) is 12.2 Å². The van der Waals surface area contributed by atoms with Crippen molar-refractivity contribution in [1.82, 2.24) is 0 Å². The highest BCUT2D eigenvalue weighted by Crippen LogP contribution is 2.25. The van der Waals surface area contributed by atoms with Crippen molar-refractivity contribution in [3.8, 4) is 0 Å². The number of ether oxygens (including phenoxy) is 1. The van der Waals surface area contributed by atoms with Crippen LogP contribution in [-0.4, -0.2) is 29.6 Å². The van der Waals surface area contributed by atoms with E-state index in [1.54, 1.807) is 6.92 Å². The Labute approximate surface area is 108 Å². The van der Waals surface area contributed by atoms with Gasteiger partial charge < -0.3 is 9.84 Å². The topological polar surface area (TPSA) is 63.6 Å². The van der Waals surface area contributed by atoms with E-state index in [4.69, 9.17) is 4.74 Å². The Bertz CT molecular complexity index is 309. The lowest BCUT2D eigenvalue weighted by atomic mass is 9.85. The van der Waals surface area contributed by atoms with E-state index >= 15 is 0 Å². The average molecular weight is 254 g/mol. The molecule has 1 aliphatic rings. The summed E-state index contributed by atoms with van der Waals surface area (Å²) < 4.78 is 4.72. The molecular formula is C14H22O4. The van der Waals surface area contributed by atoms with Crippen LogP contribution in [0.2, 0.25) is 0 Å². The van der Waals surface area contributed by atoms with Gasteiger partial charge in [0.2, 0.25) is 0 Å². The summed E-state index contributed by atoms with van der Waals surface area (Å²) in [5.41, 5.74) is 0. The lowest BCUT2D eigenvalue weighted by Gasteiger charge is -2.21. The predicted molar refractivity (Wildman–Crippen MR) is 68.0 cm³/mol. The van der Waals surface area contributed by atoms with Crippen molar-refractivity contribution < 1.29 is 19.4 Å². The molecule has 102 valence electrons. The normalized spacial score (nSPS) is 22.1. The molecule has 2 unspecified atom stereocenters. The highest BCUT2D eigenvalue weighted by Gasteiger charge is 2.19. The molecule has 18 heavy (non-hydrogen) atoms. The molecule has 2 atom stereocenters. The number of aliphatic hydroxyl groups is 1. The minimum absolute atomic E-state index is 0.336. The number of rotatable bonds is 6. The quantitative estimate of drug-likeness (QED) is 0.581.